The lowest BCUT2D eigenvalue weighted by Gasteiger charge is -2.05. The number of nitrogens with zero attached hydrogens (tertiary/aromatic N) is 1. The molecular formula is C23H16ClNO3. The molecule has 0 aliphatic carbocycles. The summed E-state index contributed by atoms with van der Waals surface area (Å²) in [6, 6.07) is 20.6. The van der Waals surface area contributed by atoms with Gasteiger partial charge in [-0.15, -0.1) is 0 Å². The molecule has 2 heterocycles. The Kier molecular flexibility index (Phi) is 4.96. The Hall–Kier alpha value is -3.37. The largest absolute Gasteiger partial charge is 0.457 e. The number of carbonyl (C=O) groups excluding carboxylic acids is 1. The number of pyridine rings is 1. The molecule has 0 bridgehead atoms. The van der Waals surface area contributed by atoms with Crippen LogP contribution >= 0.6 is 11.6 Å². The van der Waals surface area contributed by atoms with E-state index in [0.29, 0.717) is 22.0 Å². The minimum atomic E-state index is -0.374. The molecule has 0 atom stereocenters. The second-order valence-corrected chi connectivity index (χ2v) is 6.64. The fraction of sp³-hybridized carbons (Fsp3) is 0.0435. The van der Waals surface area contributed by atoms with Gasteiger partial charge in [0.15, 0.2) is 5.75 Å². The Bertz CT molecular complexity index is 1180. The zero-order valence-electron chi connectivity index (χ0n) is 15.1. The van der Waals surface area contributed by atoms with Crippen LogP contribution in [0, 0.1) is 0 Å². The first-order chi connectivity index (χ1) is 13.6. The molecule has 0 aliphatic rings. The summed E-state index contributed by atoms with van der Waals surface area (Å²) in [5.41, 5.74) is 2.33. The van der Waals surface area contributed by atoms with Crippen LogP contribution in [0.4, 0.5) is 0 Å². The van der Waals surface area contributed by atoms with Crippen molar-refractivity contribution in [2.75, 3.05) is 0 Å². The maximum Gasteiger partial charge on any atom is 0.308 e. The summed E-state index contributed by atoms with van der Waals surface area (Å²) in [5, 5.41) is 1.59. The second-order valence-electron chi connectivity index (χ2n) is 6.20. The van der Waals surface area contributed by atoms with E-state index in [1.165, 1.54) is 6.92 Å². The molecule has 28 heavy (non-hydrogen) atoms. The molecule has 4 rings (SSSR count). The third-order valence-electron chi connectivity index (χ3n) is 4.13. The number of para-hydroxylation sites is 1. The van der Waals surface area contributed by atoms with Gasteiger partial charge in [-0.1, -0.05) is 29.8 Å². The number of esters is 1. The van der Waals surface area contributed by atoms with E-state index in [0.717, 1.165) is 22.4 Å². The summed E-state index contributed by atoms with van der Waals surface area (Å²) in [7, 11) is 0. The van der Waals surface area contributed by atoms with Crippen molar-refractivity contribution in [2.45, 2.75) is 6.92 Å². The van der Waals surface area contributed by atoms with Gasteiger partial charge in [0.25, 0.3) is 0 Å². The highest BCUT2D eigenvalue weighted by molar-refractivity contribution is 6.30. The SMILES string of the molecule is CC(=O)Oc1cccc2ccc(C=Cc3ccc(-c4ccc(Cl)cc4)o3)nc12. The summed E-state index contributed by atoms with van der Waals surface area (Å²) in [4.78, 5) is 15.9. The van der Waals surface area contributed by atoms with Crippen LogP contribution in [-0.4, -0.2) is 11.0 Å². The maximum atomic E-state index is 11.3. The van der Waals surface area contributed by atoms with Gasteiger partial charge < -0.3 is 9.15 Å². The Morgan fingerprint density at radius 1 is 1.00 bits per heavy atom. The summed E-state index contributed by atoms with van der Waals surface area (Å²) < 4.78 is 11.1. The molecule has 2 aromatic carbocycles. The highest BCUT2D eigenvalue weighted by atomic mass is 35.5. The molecule has 0 amide bonds. The van der Waals surface area contributed by atoms with E-state index >= 15 is 0 Å². The minimum absolute atomic E-state index is 0.374. The number of rotatable bonds is 4. The van der Waals surface area contributed by atoms with Crippen molar-refractivity contribution in [1.29, 1.82) is 0 Å². The minimum Gasteiger partial charge on any atom is -0.457 e. The highest BCUT2D eigenvalue weighted by Gasteiger charge is 2.07. The van der Waals surface area contributed by atoms with Crippen LogP contribution in [0.25, 0.3) is 34.4 Å². The van der Waals surface area contributed by atoms with Crippen LogP contribution in [0.1, 0.15) is 18.4 Å². The molecule has 4 aromatic rings. The molecule has 0 radical (unpaired) electrons. The topological polar surface area (TPSA) is 52.3 Å². The second kappa shape index (κ2) is 7.71. The lowest BCUT2D eigenvalue weighted by atomic mass is 10.2. The van der Waals surface area contributed by atoms with Crippen LogP contribution in [0.5, 0.6) is 5.75 Å². The number of fused-ring (bicyclic) bond motifs is 1. The summed E-state index contributed by atoms with van der Waals surface area (Å²) in [5.74, 6) is 1.55. The first kappa shape index (κ1) is 18.0. The number of benzene rings is 2. The lowest BCUT2D eigenvalue weighted by molar-refractivity contribution is -0.131. The van der Waals surface area contributed by atoms with E-state index in [1.54, 1.807) is 6.07 Å². The predicted molar refractivity (Wildman–Crippen MR) is 111 cm³/mol. The molecule has 0 aliphatic heterocycles. The smallest absolute Gasteiger partial charge is 0.308 e. The van der Waals surface area contributed by atoms with Crippen molar-refractivity contribution >= 4 is 40.6 Å². The van der Waals surface area contributed by atoms with Crippen molar-refractivity contribution in [3.8, 4) is 17.1 Å². The van der Waals surface area contributed by atoms with Crippen molar-refractivity contribution in [3.05, 3.63) is 83.2 Å². The molecule has 138 valence electrons. The molecule has 0 saturated heterocycles. The number of halogens is 1. The third-order valence-corrected chi connectivity index (χ3v) is 4.38. The van der Waals surface area contributed by atoms with Crippen molar-refractivity contribution in [2.24, 2.45) is 0 Å². The van der Waals surface area contributed by atoms with Gasteiger partial charge in [-0.2, -0.15) is 0 Å². The van der Waals surface area contributed by atoms with E-state index in [-0.39, 0.29) is 5.97 Å². The summed E-state index contributed by atoms with van der Waals surface area (Å²) in [6.45, 7) is 1.37. The van der Waals surface area contributed by atoms with Gasteiger partial charge in [0.05, 0.1) is 5.69 Å². The number of hydrogen-bond donors (Lipinski definition) is 0. The third kappa shape index (κ3) is 3.97. The van der Waals surface area contributed by atoms with E-state index in [2.05, 4.69) is 4.98 Å². The Balaban J connectivity index is 1.60. The van der Waals surface area contributed by atoms with Gasteiger partial charge in [-0.05, 0) is 60.7 Å². The van der Waals surface area contributed by atoms with E-state index < -0.39 is 0 Å². The molecular weight excluding hydrogens is 374 g/mol. The molecule has 0 N–H and O–H groups in total. The Morgan fingerprint density at radius 3 is 2.61 bits per heavy atom. The first-order valence-electron chi connectivity index (χ1n) is 8.70. The fourth-order valence-electron chi connectivity index (χ4n) is 2.84. The van der Waals surface area contributed by atoms with E-state index in [4.69, 9.17) is 20.8 Å². The van der Waals surface area contributed by atoms with E-state index in [9.17, 15) is 4.79 Å². The van der Waals surface area contributed by atoms with Crippen LogP contribution in [0.2, 0.25) is 5.02 Å². The number of carbonyl (C=O) groups is 1. The van der Waals surface area contributed by atoms with Crippen LogP contribution in [0.3, 0.4) is 0 Å². The van der Waals surface area contributed by atoms with Crippen LogP contribution < -0.4 is 4.74 Å². The number of furan rings is 1. The number of aromatic nitrogens is 1. The fourth-order valence-corrected chi connectivity index (χ4v) is 2.97. The lowest BCUT2D eigenvalue weighted by Crippen LogP contribution is -2.02. The van der Waals surface area contributed by atoms with Crippen molar-refractivity contribution in [1.82, 2.24) is 4.98 Å². The number of ether oxygens (including phenoxy) is 1. The zero-order valence-corrected chi connectivity index (χ0v) is 15.8. The number of hydrogen-bond acceptors (Lipinski definition) is 4. The standard InChI is InChI=1S/C23H16ClNO3/c1-15(26)27-22-4-2-3-17-7-10-19(25-23(17)22)11-12-20-13-14-21(28-20)16-5-8-18(24)9-6-16/h2-14H,1H3. The monoisotopic (exact) mass is 389 g/mol. The average molecular weight is 390 g/mol. The molecule has 0 unspecified atom stereocenters. The summed E-state index contributed by atoms with van der Waals surface area (Å²) in [6.07, 6.45) is 3.70. The van der Waals surface area contributed by atoms with Crippen molar-refractivity contribution in [3.63, 3.8) is 0 Å². The van der Waals surface area contributed by atoms with Crippen LogP contribution in [0.15, 0.2) is 71.1 Å². The predicted octanol–water partition coefficient (Wildman–Crippen LogP) is 6.24. The Morgan fingerprint density at radius 2 is 1.82 bits per heavy atom. The van der Waals surface area contributed by atoms with Crippen LogP contribution in [-0.2, 0) is 4.79 Å². The van der Waals surface area contributed by atoms with Gasteiger partial charge in [0, 0.05) is 22.9 Å². The van der Waals surface area contributed by atoms with Gasteiger partial charge in [-0.25, -0.2) is 4.98 Å². The molecule has 0 fully saturated rings. The maximum absolute atomic E-state index is 11.3. The van der Waals surface area contributed by atoms with Crippen molar-refractivity contribution < 1.29 is 13.9 Å². The molecule has 4 nitrogen and oxygen atoms in total. The normalized spacial score (nSPS) is 11.2. The highest BCUT2D eigenvalue weighted by Crippen LogP contribution is 2.26. The summed E-state index contributed by atoms with van der Waals surface area (Å²) >= 11 is 5.93. The van der Waals surface area contributed by atoms with E-state index in [1.807, 2.05) is 72.8 Å². The van der Waals surface area contributed by atoms with Gasteiger partial charge in [0.1, 0.15) is 17.0 Å². The molecule has 0 spiro atoms. The zero-order chi connectivity index (χ0) is 19.5. The van der Waals surface area contributed by atoms with Gasteiger partial charge >= 0.3 is 5.97 Å². The molecule has 2 aromatic heterocycles. The first-order valence-corrected chi connectivity index (χ1v) is 9.08. The van der Waals surface area contributed by atoms with Gasteiger partial charge in [-0.3, -0.25) is 4.79 Å². The Labute approximate surface area is 167 Å². The van der Waals surface area contributed by atoms with Gasteiger partial charge in [0.2, 0.25) is 0 Å². The quantitative estimate of drug-likeness (QED) is 0.306. The average Bonchev–Trinajstić information content (AvgIpc) is 3.16. The molecule has 0 saturated carbocycles. The molecule has 5 heteroatoms.